The number of nitrogens with one attached hydrogen (secondary N) is 2. The van der Waals surface area contributed by atoms with Crippen molar-refractivity contribution in [3.8, 4) is 0 Å². The average Bonchev–Trinajstić information content (AvgIpc) is 2.59. The summed E-state index contributed by atoms with van der Waals surface area (Å²) in [6, 6.07) is -1.52. The number of aryl methyl sites for hydroxylation is 1. The third-order valence-electron chi connectivity index (χ3n) is 1.97. The van der Waals surface area contributed by atoms with Crippen molar-refractivity contribution in [2.45, 2.75) is 26.8 Å². The molecule has 2 amide bonds. The summed E-state index contributed by atoms with van der Waals surface area (Å²) in [7, 11) is 0. The molecule has 0 spiro atoms. The molecule has 1 rings (SSSR count). The Morgan fingerprint density at radius 3 is 2.47 bits per heavy atom. The van der Waals surface area contributed by atoms with Gasteiger partial charge in [-0.15, -0.1) is 0 Å². The fourth-order valence-corrected chi connectivity index (χ4v) is 1.71. The van der Waals surface area contributed by atoms with Gasteiger partial charge in [0.1, 0.15) is 11.9 Å². The number of hydrogen-bond acceptors (Lipinski definition) is 5. The van der Waals surface area contributed by atoms with E-state index in [1.807, 2.05) is 0 Å². The monoisotopic (exact) mass is 258 g/mol. The van der Waals surface area contributed by atoms with E-state index in [1.165, 1.54) is 0 Å². The minimum atomic E-state index is -1.07. The molecule has 0 radical (unpaired) electrons. The van der Waals surface area contributed by atoms with E-state index in [-0.39, 0.29) is 5.92 Å². The molecule has 0 fully saturated rings. The molecular formula is C9H14N4O3S. The zero-order valence-corrected chi connectivity index (χ0v) is 10.5. The summed E-state index contributed by atoms with van der Waals surface area (Å²) in [5.74, 6) is -0.707. The third kappa shape index (κ3) is 3.99. The molecule has 0 bridgehead atoms. The summed E-state index contributed by atoms with van der Waals surface area (Å²) in [6.07, 6.45) is 0. The molecule has 0 aliphatic carbocycles. The molecule has 0 unspecified atom stereocenters. The first kappa shape index (κ1) is 13.4. The third-order valence-corrected chi connectivity index (χ3v) is 2.69. The Morgan fingerprint density at radius 1 is 1.41 bits per heavy atom. The average molecular weight is 258 g/mol. The van der Waals surface area contributed by atoms with Crippen molar-refractivity contribution in [1.29, 1.82) is 0 Å². The molecule has 7 nitrogen and oxygen atoms in total. The van der Waals surface area contributed by atoms with Gasteiger partial charge in [0.05, 0.1) is 0 Å². The van der Waals surface area contributed by atoms with E-state index in [1.54, 1.807) is 20.8 Å². The van der Waals surface area contributed by atoms with E-state index >= 15 is 0 Å². The van der Waals surface area contributed by atoms with Gasteiger partial charge in [0.15, 0.2) is 0 Å². The molecule has 1 atom stereocenters. The summed E-state index contributed by atoms with van der Waals surface area (Å²) in [6.45, 7) is 5.13. The first-order valence-corrected chi connectivity index (χ1v) is 5.78. The normalized spacial score (nSPS) is 12.2. The van der Waals surface area contributed by atoms with Gasteiger partial charge in [-0.2, -0.15) is 4.37 Å². The topological polar surface area (TPSA) is 104 Å². The lowest BCUT2D eigenvalue weighted by molar-refractivity contribution is -0.140. The quantitative estimate of drug-likeness (QED) is 0.749. The Labute approximate surface area is 102 Å². The minimum absolute atomic E-state index is 0.200. The number of amides is 2. The predicted molar refractivity (Wildman–Crippen MR) is 63.1 cm³/mol. The number of anilines is 1. The van der Waals surface area contributed by atoms with Crippen molar-refractivity contribution in [3.05, 3.63) is 5.82 Å². The first-order valence-electron chi connectivity index (χ1n) is 5.00. The van der Waals surface area contributed by atoms with Crippen molar-refractivity contribution >= 4 is 28.7 Å². The van der Waals surface area contributed by atoms with Crippen molar-refractivity contribution in [3.63, 3.8) is 0 Å². The Bertz CT molecular complexity index is 418. The molecule has 0 aliphatic rings. The molecule has 1 heterocycles. The molecule has 3 N–H and O–H groups in total. The van der Waals surface area contributed by atoms with Crippen LogP contribution in [0.1, 0.15) is 19.7 Å². The fourth-order valence-electron chi connectivity index (χ4n) is 1.14. The van der Waals surface area contributed by atoms with Gasteiger partial charge in [-0.3, -0.25) is 5.32 Å². The number of aliphatic carboxylic acids is 1. The van der Waals surface area contributed by atoms with Gasteiger partial charge in [-0.1, -0.05) is 13.8 Å². The molecule has 8 heteroatoms. The second kappa shape index (κ2) is 5.58. The fraction of sp³-hybridized carbons (Fsp3) is 0.556. The molecule has 0 saturated heterocycles. The molecular weight excluding hydrogens is 244 g/mol. The highest BCUT2D eigenvalue weighted by Crippen LogP contribution is 2.10. The van der Waals surface area contributed by atoms with E-state index < -0.39 is 18.0 Å². The van der Waals surface area contributed by atoms with Gasteiger partial charge < -0.3 is 10.4 Å². The zero-order valence-electron chi connectivity index (χ0n) is 9.72. The standard InChI is InChI=1S/C9H14N4O3S/c1-4(2)6(7(14)15)11-8(16)12-9-10-5(3)13-17-9/h4,6H,1-3H3,(H,14,15)(H2,10,11,12,13,16)/t6-/m0/s1. The van der Waals surface area contributed by atoms with Crippen molar-refractivity contribution < 1.29 is 14.7 Å². The Hall–Kier alpha value is -1.70. The van der Waals surface area contributed by atoms with Crippen LogP contribution in [0, 0.1) is 12.8 Å². The number of urea groups is 1. The van der Waals surface area contributed by atoms with E-state index in [4.69, 9.17) is 5.11 Å². The number of carboxylic acids is 1. The van der Waals surface area contributed by atoms with Crippen LogP contribution in [0.2, 0.25) is 0 Å². The molecule has 1 aromatic heterocycles. The maximum absolute atomic E-state index is 11.5. The van der Waals surface area contributed by atoms with Crippen LogP contribution >= 0.6 is 11.5 Å². The van der Waals surface area contributed by atoms with Crippen molar-refractivity contribution in [2.24, 2.45) is 5.92 Å². The van der Waals surface area contributed by atoms with E-state index in [2.05, 4.69) is 20.0 Å². The Kier molecular flexibility index (Phi) is 4.38. The van der Waals surface area contributed by atoms with Gasteiger partial charge in [-0.25, -0.2) is 14.6 Å². The van der Waals surface area contributed by atoms with Gasteiger partial charge in [0, 0.05) is 11.5 Å². The highest BCUT2D eigenvalue weighted by Gasteiger charge is 2.23. The predicted octanol–water partition coefficient (Wildman–Crippen LogP) is 1.08. The first-order chi connectivity index (χ1) is 7.90. The molecule has 1 aromatic rings. The van der Waals surface area contributed by atoms with Crippen molar-refractivity contribution in [1.82, 2.24) is 14.7 Å². The summed E-state index contributed by atoms with van der Waals surface area (Å²) < 4.78 is 3.89. The van der Waals surface area contributed by atoms with Crippen LogP contribution in [0.15, 0.2) is 0 Å². The second-order valence-electron chi connectivity index (χ2n) is 3.81. The van der Waals surface area contributed by atoms with Crippen LogP contribution < -0.4 is 10.6 Å². The summed E-state index contributed by atoms with van der Waals surface area (Å²) in [5.41, 5.74) is 0. The van der Waals surface area contributed by atoms with Crippen molar-refractivity contribution in [2.75, 3.05) is 5.32 Å². The van der Waals surface area contributed by atoms with E-state index in [9.17, 15) is 9.59 Å². The number of aromatic nitrogens is 2. The van der Waals surface area contributed by atoms with Gasteiger partial charge >= 0.3 is 12.0 Å². The Morgan fingerprint density at radius 2 is 2.06 bits per heavy atom. The number of rotatable bonds is 4. The van der Waals surface area contributed by atoms with E-state index in [0.29, 0.717) is 11.0 Å². The van der Waals surface area contributed by atoms with Crippen LogP contribution in [0.25, 0.3) is 0 Å². The van der Waals surface area contributed by atoms with Gasteiger partial charge in [0.2, 0.25) is 5.13 Å². The van der Waals surface area contributed by atoms with E-state index in [0.717, 1.165) is 11.5 Å². The molecule has 0 aliphatic heterocycles. The summed E-state index contributed by atoms with van der Waals surface area (Å²) in [4.78, 5) is 26.3. The lowest BCUT2D eigenvalue weighted by Crippen LogP contribution is -2.46. The van der Waals surface area contributed by atoms with Crippen LogP contribution in [-0.4, -0.2) is 32.5 Å². The number of carbonyl (C=O) groups excluding carboxylic acids is 1. The maximum atomic E-state index is 11.5. The number of carboxylic acid groups (broad SMARTS) is 1. The van der Waals surface area contributed by atoms with Crippen LogP contribution in [0.4, 0.5) is 9.93 Å². The minimum Gasteiger partial charge on any atom is -0.480 e. The summed E-state index contributed by atoms with van der Waals surface area (Å²) >= 11 is 1.04. The van der Waals surface area contributed by atoms with Gasteiger partial charge in [0.25, 0.3) is 0 Å². The largest absolute Gasteiger partial charge is 0.480 e. The highest BCUT2D eigenvalue weighted by molar-refractivity contribution is 7.09. The molecule has 94 valence electrons. The number of nitrogens with zero attached hydrogens (tertiary/aromatic N) is 2. The molecule has 17 heavy (non-hydrogen) atoms. The molecule has 0 saturated carbocycles. The van der Waals surface area contributed by atoms with Crippen LogP contribution in [0.3, 0.4) is 0 Å². The SMILES string of the molecule is Cc1nsc(NC(=O)N[C@H](C(=O)O)C(C)C)n1. The number of hydrogen-bond donors (Lipinski definition) is 3. The Balaban J connectivity index is 2.56. The smallest absolute Gasteiger partial charge is 0.326 e. The van der Waals surface area contributed by atoms with Gasteiger partial charge in [-0.05, 0) is 12.8 Å². The molecule has 0 aromatic carbocycles. The lowest BCUT2D eigenvalue weighted by atomic mass is 10.1. The lowest BCUT2D eigenvalue weighted by Gasteiger charge is -2.17. The summed E-state index contributed by atoms with van der Waals surface area (Å²) in [5, 5.41) is 14.0. The second-order valence-corrected chi connectivity index (χ2v) is 4.56. The maximum Gasteiger partial charge on any atom is 0.326 e. The number of carbonyl (C=O) groups is 2. The highest BCUT2D eigenvalue weighted by atomic mass is 32.1. The zero-order chi connectivity index (χ0) is 13.0. The van der Waals surface area contributed by atoms with Crippen LogP contribution in [-0.2, 0) is 4.79 Å². The van der Waals surface area contributed by atoms with Crippen LogP contribution in [0.5, 0.6) is 0 Å².